The number of hydrogen-bond acceptors (Lipinski definition) is 4. The van der Waals surface area contributed by atoms with Crippen LogP contribution < -0.4 is 0 Å². The lowest BCUT2D eigenvalue weighted by Crippen LogP contribution is -2.14. The van der Waals surface area contributed by atoms with Crippen molar-refractivity contribution in [3.8, 4) is 0 Å². The minimum atomic E-state index is -0.293. The standard InChI is InChI=1S/C8H12Br2O4/c9-3-1-7(11)13-5-6-14-8(12)2-4-10/h1-6H2. The maximum Gasteiger partial charge on any atom is 0.306 e. The van der Waals surface area contributed by atoms with Crippen molar-refractivity contribution in [1.82, 2.24) is 0 Å². The van der Waals surface area contributed by atoms with Crippen LogP contribution in [-0.4, -0.2) is 35.8 Å². The molecule has 0 saturated heterocycles. The SMILES string of the molecule is O=C(CCBr)OCCOC(=O)CCBr. The van der Waals surface area contributed by atoms with E-state index in [-0.39, 0.29) is 25.2 Å². The van der Waals surface area contributed by atoms with Gasteiger partial charge in [0.25, 0.3) is 0 Å². The summed E-state index contributed by atoms with van der Waals surface area (Å²) < 4.78 is 9.51. The van der Waals surface area contributed by atoms with Crippen molar-refractivity contribution >= 4 is 43.8 Å². The zero-order chi connectivity index (χ0) is 10.8. The lowest BCUT2D eigenvalue weighted by molar-refractivity contribution is -0.151. The maximum atomic E-state index is 10.8. The summed E-state index contributed by atoms with van der Waals surface area (Å²) in [5.41, 5.74) is 0. The van der Waals surface area contributed by atoms with Gasteiger partial charge in [0.1, 0.15) is 13.2 Å². The fourth-order valence-electron chi connectivity index (χ4n) is 0.610. The van der Waals surface area contributed by atoms with E-state index in [4.69, 9.17) is 9.47 Å². The molecule has 0 unspecified atom stereocenters. The van der Waals surface area contributed by atoms with E-state index in [1.165, 1.54) is 0 Å². The topological polar surface area (TPSA) is 52.6 Å². The van der Waals surface area contributed by atoms with Crippen molar-refractivity contribution in [3.63, 3.8) is 0 Å². The summed E-state index contributed by atoms with van der Waals surface area (Å²) in [7, 11) is 0. The van der Waals surface area contributed by atoms with Crippen molar-refractivity contribution in [1.29, 1.82) is 0 Å². The molecule has 0 aliphatic heterocycles. The molecule has 0 N–H and O–H groups in total. The molecule has 0 aliphatic carbocycles. The van der Waals surface area contributed by atoms with Gasteiger partial charge in [-0.3, -0.25) is 9.59 Å². The molecule has 4 nitrogen and oxygen atoms in total. The fraction of sp³-hybridized carbons (Fsp3) is 0.750. The molecular formula is C8H12Br2O4. The molecule has 0 amide bonds. The van der Waals surface area contributed by atoms with E-state index in [1.54, 1.807) is 0 Å². The molecule has 0 spiro atoms. The van der Waals surface area contributed by atoms with Crippen LogP contribution in [0.5, 0.6) is 0 Å². The summed E-state index contributed by atoms with van der Waals surface area (Å²) in [5, 5.41) is 1.16. The second-order valence-corrected chi connectivity index (χ2v) is 3.90. The third-order valence-electron chi connectivity index (χ3n) is 1.21. The Balaban J connectivity index is 3.28. The van der Waals surface area contributed by atoms with Crippen LogP contribution in [0.3, 0.4) is 0 Å². The number of hydrogen-bond donors (Lipinski definition) is 0. The molecule has 0 heterocycles. The van der Waals surface area contributed by atoms with Crippen LogP contribution in [-0.2, 0) is 19.1 Å². The number of esters is 2. The molecule has 0 radical (unpaired) electrons. The third-order valence-corrected chi connectivity index (χ3v) is 2.00. The lowest BCUT2D eigenvalue weighted by atomic mass is 10.5. The Bertz CT molecular complexity index is 164. The lowest BCUT2D eigenvalue weighted by Gasteiger charge is -2.04. The van der Waals surface area contributed by atoms with Gasteiger partial charge in [-0.15, -0.1) is 0 Å². The van der Waals surface area contributed by atoms with Crippen LogP contribution in [0, 0.1) is 0 Å². The minimum Gasteiger partial charge on any atom is -0.462 e. The van der Waals surface area contributed by atoms with E-state index in [0.717, 1.165) is 0 Å². The first kappa shape index (κ1) is 13.9. The Hall–Kier alpha value is -0.100. The highest BCUT2D eigenvalue weighted by molar-refractivity contribution is 9.09. The molecule has 0 aromatic carbocycles. The quantitative estimate of drug-likeness (QED) is 0.404. The van der Waals surface area contributed by atoms with E-state index in [1.807, 2.05) is 0 Å². The van der Waals surface area contributed by atoms with Crippen LogP contribution in [0.1, 0.15) is 12.8 Å². The van der Waals surface area contributed by atoms with E-state index in [2.05, 4.69) is 31.9 Å². The zero-order valence-corrected chi connectivity index (χ0v) is 10.8. The third kappa shape index (κ3) is 8.50. The van der Waals surface area contributed by atoms with Gasteiger partial charge in [0.2, 0.25) is 0 Å². The second-order valence-electron chi connectivity index (χ2n) is 2.32. The predicted molar refractivity (Wildman–Crippen MR) is 58.7 cm³/mol. The van der Waals surface area contributed by atoms with Gasteiger partial charge in [-0.25, -0.2) is 0 Å². The first-order chi connectivity index (χ1) is 6.70. The fourth-order valence-corrected chi connectivity index (χ4v) is 1.26. The van der Waals surface area contributed by atoms with E-state index < -0.39 is 0 Å². The molecule has 0 aliphatic rings. The number of carbonyl (C=O) groups is 2. The molecule has 6 heteroatoms. The summed E-state index contributed by atoms with van der Waals surface area (Å²) in [5.74, 6) is -0.586. The van der Waals surface area contributed by atoms with Crippen LogP contribution >= 0.6 is 31.9 Å². The molecule has 0 bridgehead atoms. The Kier molecular flexibility index (Phi) is 9.39. The summed E-state index contributed by atoms with van der Waals surface area (Å²) in [6.45, 7) is 0.250. The molecule has 0 aromatic heterocycles. The molecule has 0 saturated carbocycles. The monoisotopic (exact) mass is 330 g/mol. The van der Waals surface area contributed by atoms with Gasteiger partial charge in [-0.2, -0.15) is 0 Å². The highest BCUT2D eigenvalue weighted by Gasteiger charge is 2.03. The van der Waals surface area contributed by atoms with E-state index in [9.17, 15) is 9.59 Å². The molecular weight excluding hydrogens is 320 g/mol. The Morgan fingerprint density at radius 2 is 1.21 bits per heavy atom. The van der Waals surface area contributed by atoms with Crippen molar-refractivity contribution in [2.24, 2.45) is 0 Å². The van der Waals surface area contributed by atoms with Crippen molar-refractivity contribution in [2.45, 2.75) is 12.8 Å². The second kappa shape index (κ2) is 9.45. The van der Waals surface area contributed by atoms with Gasteiger partial charge < -0.3 is 9.47 Å². The van der Waals surface area contributed by atoms with Crippen LogP contribution in [0.25, 0.3) is 0 Å². The molecule has 14 heavy (non-hydrogen) atoms. The number of halogens is 2. The smallest absolute Gasteiger partial charge is 0.306 e. The van der Waals surface area contributed by atoms with Gasteiger partial charge in [-0.1, -0.05) is 31.9 Å². The van der Waals surface area contributed by atoms with Gasteiger partial charge in [0.05, 0.1) is 12.8 Å². The van der Waals surface area contributed by atoms with Crippen LogP contribution in [0.4, 0.5) is 0 Å². The van der Waals surface area contributed by atoms with Gasteiger partial charge in [0.15, 0.2) is 0 Å². The summed E-state index contributed by atoms with van der Waals surface area (Å²) in [6, 6.07) is 0. The van der Waals surface area contributed by atoms with Crippen LogP contribution in [0.15, 0.2) is 0 Å². The highest BCUT2D eigenvalue weighted by Crippen LogP contribution is 1.93. The Morgan fingerprint density at radius 1 is 0.857 bits per heavy atom. The van der Waals surface area contributed by atoms with E-state index in [0.29, 0.717) is 23.5 Å². The summed E-state index contributed by atoms with van der Waals surface area (Å²) in [6.07, 6.45) is 0.657. The van der Waals surface area contributed by atoms with E-state index >= 15 is 0 Å². The van der Waals surface area contributed by atoms with Crippen molar-refractivity contribution in [2.75, 3.05) is 23.9 Å². The normalized spacial score (nSPS) is 9.57. The van der Waals surface area contributed by atoms with Gasteiger partial charge in [-0.05, 0) is 0 Å². The van der Waals surface area contributed by atoms with Crippen molar-refractivity contribution in [3.05, 3.63) is 0 Å². The van der Waals surface area contributed by atoms with Crippen molar-refractivity contribution < 1.29 is 19.1 Å². The number of ether oxygens (including phenoxy) is 2. The largest absolute Gasteiger partial charge is 0.462 e. The molecule has 0 rings (SSSR count). The van der Waals surface area contributed by atoms with Crippen LogP contribution in [0.2, 0.25) is 0 Å². The van der Waals surface area contributed by atoms with Gasteiger partial charge >= 0.3 is 11.9 Å². The molecule has 0 fully saturated rings. The Morgan fingerprint density at radius 3 is 1.50 bits per heavy atom. The number of rotatable bonds is 7. The minimum absolute atomic E-state index is 0.125. The number of alkyl halides is 2. The predicted octanol–water partition coefficient (Wildman–Crippen LogP) is 1.64. The zero-order valence-electron chi connectivity index (χ0n) is 7.63. The first-order valence-corrected chi connectivity index (χ1v) is 6.38. The number of carbonyl (C=O) groups excluding carboxylic acids is 2. The maximum absolute atomic E-state index is 10.8. The average Bonchev–Trinajstić information content (AvgIpc) is 2.13. The molecule has 82 valence electrons. The Labute approximate surface area is 99.6 Å². The molecule has 0 atom stereocenters. The summed E-state index contributed by atoms with van der Waals surface area (Å²) in [4.78, 5) is 21.6. The summed E-state index contributed by atoms with van der Waals surface area (Å²) >= 11 is 6.22. The first-order valence-electron chi connectivity index (χ1n) is 4.14. The van der Waals surface area contributed by atoms with Gasteiger partial charge in [0, 0.05) is 10.7 Å². The average molecular weight is 332 g/mol. The molecule has 0 aromatic rings. The highest BCUT2D eigenvalue weighted by atomic mass is 79.9.